The predicted molar refractivity (Wildman–Crippen MR) is 76.6 cm³/mol. The van der Waals surface area contributed by atoms with E-state index in [-0.39, 0.29) is 11.4 Å². The van der Waals surface area contributed by atoms with Crippen LogP contribution in [0.1, 0.15) is 31.4 Å². The lowest BCUT2D eigenvalue weighted by atomic mass is 10.1. The number of hydrogen-bond acceptors (Lipinski definition) is 3. The summed E-state index contributed by atoms with van der Waals surface area (Å²) in [5.74, 6) is 0.334. The van der Waals surface area contributed by atoms with Crippen LogP contribution in [0.15, 0.2) is 23.1 Å². The van der Waals surface area contributed by atoms with Crippen molar-refractivity contribution >= 4 is 10.0 Å². The van der Waals surface area contributed by atoms with Crippen molar-refractivity contribution in [2.24, 2.45) is 5.92 Å². The number of rotatable bonds is 6. The van der Waals surface area contributed by atoms with Crippen LogP contribution in [0.4, 0.5) is 0 Å². The molecule has 0 bridgehead atoms. The van der Waals surface area contributed by atoms with Gasteiger partial charge in [-0.3, -0.25) is 0 Å². The van der Waals surface area contributed by atoms with Gasteiger partial charge in [0.1, 0.15) is 0 Å². The van der Waals surface area contributed by atoms with Crippen LogP contribution in [-0.4, -0.2) is 26.2 Å². The smallest absolute Gasteiger partial charge is 0.240 e. The Morgan fingerprint density at radius 3 is 2.47 bits per heavy atom. The van der Waals surface area contributed by atoms with Crippen molar-refractivity contribution in [3.63, 3.8) is 0 Å². The number of aliphatic hydroxyl groups excluding tert-OH is 1. The summed E-state index contributed by atoms with van der Waals surface area (Å²) < 4.78 is 26.8. The molecule has 1 atom stereocenters. The second kappa shape index (κ2) is 6.50. The standard InChI is InChI=1S/C14H23NO3S/c1-10(2)7-13(16)9-15-19(17,18)14-8-11(3)5-6-12(14)4/h5-6,8,10,13,15-16H,7,9H2,1-4H3. The number of benzene rings is 1. The van der Waals surface area contributed by atoms with Crippen molar-refractivity contribution in [1.82, 2.24) is 4.72 Å². The first-order valence-electron chi connectivity index (χ1n) is 6.47. The van der Waals surface area contributed by atoms with Crippen molar-refractivity contribution < 1.29 is 13.5 Å². The van der Waals surface area contributed by atoms with Crippen molar-refractivity contribution in [2.45, 2.75) is 45.1 Å². The zero-order chi connectivity index (χ0) is 14.6. The summed E-state index contributed by atoms with van der Waals surface area (Å²) in [5, 5.41) is 9.73. The fraction of sp³-hybridized carbons (Fsp3) is 0.571. The maximum absolute atomic E-state index is 12.2. The van der Waals surface area contributed by atoms with Crippen LogP contribution in [0.3, 0.4) is 0 Å². The maximum atomic E-state index is 12.2. The summed E-state index contributed by atoms with van der Waals surface area (Å²) in [7, 11) is -3.55. The molecule has 0 radical (unpaired) electrons. The molecule has 0 aliphatic rings. The van der Waals surface area contributed by atoms with E-state index in [2.05, 4.69) is 4.72 Å². The number of aliphatic hydroxyl groups is 1. The molecule has 1 aromatic carbocycles. The van der Waals surface area contributed by atoms with E-state index >= 15 is 0 Å². The Labute approximate surface area is 115 Å². The van der Waals surface area contributed by atoms with Crippen molar-refractivity contribution in [3.05, 3.63) is 29.3 Å². The van der Waals surface area contributed by atoms with E-state index in [9.17, 15) is 13.5 Å². The highest BCUT2D eigenvalue weighted by molar-refractivity contribution is 7.89. The molecule has 4 nitrogen and oxygen atoms in total. The van der Waals surface area contributed by atoms with Crippen LogP contribution in [0.2, 0.25) is 0 Å². The summed E-state index contributed by atoms with van der Waals surface area (Å²) in [4.78, 5) is 0.282. The van der Waals surface area contributed by atoms with Crippen molar-refractivity contribution in [1.29, 1.82) is 0 Å². The van der Waals surface area contributed by atoms with Gasteiger partial charge >= 0.3 is 0 Å². The van der Waals surface area contributed by atoms with Gasteiger partial charge in [0.25, 0.3) is 0 Å². The summed E-state index contributed by atoms with van der Waals surface area (Å²) >= 11 is 0. The van der Waals surface area contributed by atoms with E-state index in [0.717, 1.165) is 5.56 Å². The molecule has 5 heteroatoms. The molecule has 108 valence electrons. The molecule has 0 aromatic heterocycles. The lowest BCUT2D eigenvalue weighted by molar-refractivity contribution is 0.152. The fourth-order valence-electron chi connectivity index (χ4n) is 1.91. The lowest BCUT2D eigenvalue weighted by Crippen LogP contribution is -2.33. The van der Waals surface area contributed by atoms with E-state index in [0.29, 0.717) is 17.9 Å². The topological polar surface area (TPSA) is 66.4 Å². The van der Waals surface area contributed by atoms with Gasteiger partial charge in [0.15, 0.2) is 0 Å². The summed E-state index contributed by atoms with van der Waals surface area (Å²) in [6.45, 7) is 7.64. The average molecular weight is 285 g/mol. The number of nitrogens with one attached hydrogen (secondary N) is 1. The first-order valence-corrected chi connectivity index (χ1v) is 7.95. The van der Waals surface area contributed by atoms with Gasteiger partial charge in [-0.2, -0.15) is 0 Å². The van der Waals surface area contributed by atoms with Gasteiger partial charge < -0.3 is 5.11 Å². The highest BCUT2D eigenvalue weighted by Gasteiger charge is 2.18. The second-order valence-corrected chi connectivity index (χ2v) is 7.14. The first kappa shape index (κ1) is 16.1. The van der Waals surface area contributed by atoms with E-state index in [1.165, 1.54) is 0 Å². The molecule has 0 aliphatic heterocycles. The van der Waals surface area contributed by atoms with Crippen LogP contribution in [-0.2, 0) is 10.0 Å². The summed E-state index contributed by atoms with van der Waals surface area (Å²) in [6, 6.07) is 5.31. The van der Waals surface area contributed by atoms with Gasteiger partial charge in [-0.05, 0) is 43.4 Å². The normalized spacial score (nSPS) is 13.8. The van der Waals surface area contributed by atoms with Crippen LogP contribution >= 0.6 is 0 Å². The van der Waals surface area contributed by atoms with Crippen molar-refractivity contribution in [3.8, 4) is 0 Å². The molecule has 0 saturated carbocycles. The molecule has 0 saturated heterocycles. The van der Waals surface area contributed by atoms with Crippen molar-refractivity contribution in [2.75, 3.05) is 6.54 Å². The first-order chi connectivity index (χ1) is 8.72. The second-order valence-electron chi connectivity index (χ2n) is 5.40. The minimum atomic E-state index is -3.55. The average Bonchev–Trinajstić information content (AvgIpc) is 2.29. The molecule has 2 N–H and O–H groups in total. The molecule has 1 rings (SSSR count). The molecule has 0 fully saturated rings. The Hall–Kier alpha value is -0.910. The van der Waals surface area contributed by atoms with Gasteiger partial charge in [-0.1, -0.05) is 26.0 Å². The van der Waals surface area contributed by atoms with Gasteiger partial charge in [-0.25, -0.2) is 13.1 Å². The van der Waals surface area contributed by atoms with Gasteiger partial charge in [0.2, 0.25) is 10.0 Å². The molecule has 0 amide bonds. The Kier molecular flexibility index (Phi) is 5.52. The molecule has 0 heterocycles. The highest BCUT2D eigenvalue weighted by Crippen LogP contribution is 2.16. The van der Waals surface area contributed by atoms with E-state index in [1.54, 1.807) is 19.1 Å². The molecular formula is C14H23NO3S. The Morgan fingerprint density at radius 2 is 1.89 bits per heavy atom. The largest absolute Gasteiger partial charge is 0.392 e. The third kappa shape index (κ3) is 4.93. The Balaban J connectivity index is 2.79. The van der Waals surface area contributed by atoms with E-state index in [1.807, 2.05) is 26.8 Å². The SMILES string of the molecule is Cc1ccc(C)c(S(=O)(=O)NCC(O)CC(C)C)c1. The minimum absolute atomic E-state index is 0.0495. The highest BCUT2D eigenvalue weighted by atomic mass is 32.2. The molecule has 19 heavy (non-hydrogen) atoms. The van der Waals surface area contributed by atoms with E-state index in [4.69, 9.17) is 0 Å². The summed E-state index contributed by atoms with van der Waals surface area (Å²) in [5.41, 5.74) is 1.60. The molecule has 0 spiro atoms. The van der Waals surface area contributed by atoms with Gasteiger partial charge in [0, 0.05) is 6.54 Å². The molecule has 1 unspecified atom stereocenters. The summed E-state index contributed by atoms with van der Waals surface area (Å²) in [6.07, 6.45) is -0.0742. The van der Waals surface area contributed by atoms with Crippen LogP contribution in [0, 0.1) is 19.8 Å². The monoisotopic (exact) mass is 285 g/mol. The number of hydrogen-bond donors (Lipinski definition) is 2. The zero-order valence-electron chi connectivity index (χ0n) is 12.0. The lowest BCUT2D eigenvalue weighted by Gasteiger charge is -2.15. The van der Waals surface area contributed by atoms with E-state index < -0.39 is 16.1 Å². The fourth-order valence-corrected chi connectivity index (χ4v) is 3.31. The minimum Gasteiger partial charge on any atom is -0.392 e. The van der Waals surface area contributed by atoms with Crippen LogP contribution in [0.5, 0.6) is 0 Å². The third-order valence-electron chi connectivity index (χ3n) is 2.89. The molecule has 0 aliphatic carbocycles. The Bertz CT molecular complexity index is 523. The molecule has 1 aromatic rings. The quantitative estimate of drug-likeness (QED) is 0.840. The zero-order valence-corrected chi connectivity index (χ0v) is 12.8. The van der Waals surface area contributed by atoms with Gasteiger partial charge in [0.05, 0.1) is 11.0 Å². The number of sulfonamides is 1. The van der Waals surface area contributed by atoms with Crippen LogP contribution < -0.4 is 4.72 Å². The van der Waals surface area contributed by atoms with Crippen LogP contribution in [0.25, 0.3) is 0 Å². The van der Waals surface area contributed by atoms with Gasteiger partial charge in [-0.15, -0.1) is 0 Å². The maximum Gasteiger partial charge on any atom is 0.240 e. The third-order valence-corrected chi connectivity index (χ3v) is 4.45. The number of aryl methyl sites for hydroxylation is 2. The Morgan fingerprint density at radius 1 is 1.26 bits per heavy atom. The predicted octanol–water partition coefficient (Wildman–Crippen LogP) is 1.99. The molecular weight excluding hydrogens is 262 g/mol.